The Morgan fingerprint density at radius 3 is 2.50 bits per heavy atom. The van der Waals surface area contributed by atoms with E-state index in [4.69, 9.17) is 0 Å². The third kappa shape index (κ3) is 4.59. The second-order valence-electron chi connectivity index (χ2n) is 9.58. The van der Waals surface area contributed by atoms with Crippen LogP contribution in [0.1, 0.15) is 62.1 Å². The fourth-order valence-electron chi connectivity index (χ4n) is 4.19. The summed E-state index contributed by atoms with van der Waals surface area (Å²) in [5.74, 6) is -0.258. The fraction of sp³-hybridized carbons (Fsp3) is 0.500. The third-order valence-corrected chi connectivity index (χ3v) is 6.76. The van der Waals surface area contributed by atoms with Crippen molar-refractivity contribution in [3.63, 3.8) is 0 Å². The molecule has 1 aliphatic carbocycles. The Bertz CT molecular complexity index is 927. The van der Waals surface area contributed by atoms with Gasteiger partial charge in [-0.15, -0.1) is 11.3 Å². The molecule has 0 bridgehead atoms. The van der Waals surface area contributed by atoms with Crippen LogP contribution in [0.4, 0.5) is 4.39 Å². The summed E-state index contributed by atoms with van der Waals surface area (Å²) in [6.45, 7) is 6.87. The van der Waals surface area contributed by atoms with Gasteiger partial charge in [0.1, 0.15) is 12.4 Å². The number of hydrogen-bond donors (Lipinski definition) is 0. The summed E-state index contributed by atoms with van der Waals surface area (Å²) in [5, 5.41) is 2.05. The molecule has 0 saturated heterocycles. The molecule has 0 N–H and O–H groups in total. The molecule has 0 spiro atoms. The van der Waals surface area contributed by atoms with Crippen molar-refractivity contribution < 1.29 is 14.0 Å². The van der Waals surface area contributed by atoms with Gasteiger partial charge in [-0.25, -0.2) is 4.39 Å². The predicted octanol–water partition coefficient (Wildman–Crippen LogP) is 4.79. The highest BCUT2D eigenvalue weighted by molar-refractivity contribution is 7.10. The lowest BCUT2D eigenvalue weighted by Gasteiger charge is -2.38. The van der Waals surface area contributed by atoms with Crippen molar-refractivity contribution in [3.05, 3.63) is 57.5 Å². The number of hydrogen-bond acceptors (Lipinski definition) is 3. The van der Waals surface area contributed by atoms with E-state index in [1.807, 2.05) is 25.7 Å². The quantitative estimate of drug-likeness (QED) is 0.687. The van der Waals surface area contributed by atoms with Crippen LogP contribution in [0.25, 0.3) is 0 Å². The Kier molecular flexibility index (Phi) is 5.71. The molecular formula is C24H29FN2O2S. The number of carbonyl (C=O) groups excluding carboxylic acids is 2. The number of amides is 2. The normalized spacial score (nSPS) is 18.8. The molecular weight excluding hydrogens is 399 g/mol. The van der Waals surface area contributed by atoms with Crippen LogP contribution in [0, 0.1) is 11.2 Å². The minimum atomic E-state index is -0.286. The van der Waals surface area contributed by atoms with Crippen LogP contribution in [0.15, 0.2) is 35.7 Å². The maximum Gasteiger partial charge on any atom is 0.243 e. The van der Waals surface area contributed by atoms with Crippen LogP contribution < -0.4 is 0 Å². The molecule has 2 aliphatic rings. The smallest absolute Gasteiger partial charge is 0.243 e. The van der Waals surface area contributed by atoms with E-state index in [1.165, 1.54) is 17.0 Å². The van der Waals surface area contributed by atoms with Crippen molar-refractivity contribution in [1.82, 2.24) is 9.80 Å². The minimum Gasteiger partial charge on any atom is -0.330 e. The average Bonchev–Trinajstić information content (AvgIpc) is 3.40. The molecule has 1 saturated carbocycles. The summed E-state index contributed by atoms with van der Waals surface area (Å²) in [7, 11) is 0. The van der Waals surface area contributed by atoms with Gasteiger partial charge in [0.2, 0.25) is 11.8 Å². The van der Waals surface area contributed by atoms with Crippen LogP contribution in [0.2, 0.25) is 0 Å². The molecule has 1 atom stereocenters. The number of benzene rings is 1. The largest absolute Gasteiger partial charge is 0.330 e. The monoisotopic (exact) mass is 428 g/mol. The van der Waals surface area contributed by atoms with E-state index in [9.17, 15) is 14.0 Å². The first-order valence-corrected chi connectivity index (χ1v) is 11.5. The van der Waals surface area contributed by atoms with Crippen molar-refractivity contribution in [1.29, 1.82) is 0 Å². The van der Waals surface area contributed by atoms with E-state index < -0.39 is 0 Å². The van der Waals surface area contributed by atoms with Crippen molar-refractivity contribution in [2.45, 2.75) is 58.5 Å². The number of fused-ring (bicyclic) bond motifs is 1. The zero-order valence-electron chi connectivity index (χ0n) is 17.9. The number of nitrogens with zero attached hydrogens (tertiary/aromatic N) is 2. The molecule has 1 aromatic carbocycles. The Morgan fingerprint density at radius 1 is 1.17 bits per heavy atom. The standard InChI is InChI=1S/C24H29FN2O2S/c1-24(2,3)14-21(28)27(18-8-9-18)15-22(29)26-12-10-20-19(11-13-30-20)23(26)16-4-6-17(25)7-5-16/h4-7,11,13,18,23H,8-10,12,14-15H2,1-3H3. The van der Waals surface area contributed by atoms with Gasteiger partial charge in [-0.05, 0) is 59.4 Å². The summed E-state index contributed by atoms with van der Waals surface area (Å²) >= 11 is 1.70. The molecule has 6 heteroatoms. The number of rotatable bonds is 5. The second-order valence-corrected chi connectivity index (χ2v) is 10.6. The molecule has 1 fully saturated rings. The highest BCUT2D eigenvalue weighted by atomic mass is 32.1. The van der Waals surface area contributed by atoms with Crippen molar-refractivity contribution in [3.8, 4) is 0 Å². The Balaban J connectivity index is 1.58. The van der Waals surface area contributed by atoms with Crippen molar-refractivity contribution >= 4 is 23.2 Å². The molecule has 0 radical (unpaired) electrons. The van der Waals surface area contributed by atoms with Gasteiger partial charge in [-0.1, -0.05) is 32.9 Å². The van der Waals surface area contributed by atoms with Gasteiger partial charge in [0.25, 0.3) is 0 Å². The predicted molar refractivity (Wildman–Crippen MR) is 117 cm³/mol. The van der Waals surface area contributed by atoms with Crippen LogP contribution >= 0.6 is 11.3 Å². The third-order valence-electron chi connectivity index (χ3n) is 5.77. The summed E-state index contributed by atoms with van der Waals surface area (Å²) < 4.78 is 13.5. The molecule has 30 heavy (non-hydrogen) atoms. The molecule has 1 aliphatic heterocycles. The van der Waals surface area contributed by atoms with E-state index >= 15 is 0 Å². The van der Waals surface area contributed by atoms with Gasteiger partial charge in [-0.2, -0.15) is 0 Å². The maximum absolute atomic E-state index is 13.5. The molecule has 160 valence electrons. The van der Waals surface area contributed by atoms with Crippen LogP contribution in [-0.2, 0) is 16.0 Å². The van der Waals surface area contributed by atoms with Gasteiger partial charge in [0.15, 0.2) is 0 Å². The number of carbonyl (C=O) groups is 2. The lowest BCUT2D eigenvalue weighted by Crippen LogP contribution is -2.47. The molecule has 4 nitrogen and oxygen atoms in total. The van der Waals surface area contributed by atoms with Gasteiger partial charge in [0, 0.05) is 23.9 Å². The average molecular weight is 429 g/mol. The Hall–Kier alpha value is -2.21. The minimum absolute atomic E-state index is 0.0321. The summed E-state index contributed by atoms with van der Waals surface area (Å²) in [6, 6.07) is 8.44. The van der Waals surface area contributed by atoms with Crippen LogP contribution in [-0.4, -0.2) is 40.7 Å². The summed E-state index contributed by atoms with van der Waals surface area (Å²) in [4.78, 5) is 31.3. The van der Waals surface area contributed by atoms with Crippen LogP contribution in [0.3, 0.4) is 0 Å². The Morgan fingerprint density at radius 2 is 1.87 bits per heavy atom. The van der Waals surface area contributed by atoms with Crippen molar-refractivity contribution in [2.75, 3.05) is 13.1 Å². The Labute approximate surface area is 181 Å². The molecule has 4 rings (SSSR count). The SMILES string of the molecule is CC(C)(C)CC(=O)N(CC(=O)N1CCc2sccc2C1c1ccc(F)cc1)C1CC1. The first kappa shape index (κ1) is 21.0. The van der Waals surface area contributed by atoms with E-state index in [0.29, 0.717) is 13.0 Å². The number of halogens is 1. The second kappa shape index (κ2) is 8.14. The molecule has 2 aromatic rings. The van der Waals surface area contributed by atoms with E-state index in [-0.39, 0.29) is 41.7 Å². The van der Waals surface area contributed by atoms with Gasteiger partial charge < -0.3 is 9.80 Å². The van der Waals surface area contributed by atoms with Crippen LogP contribution in [0.5, 0.6) is 0 Å². The highest BCUT2D eigenvalue weighted by Crippen LogP contribution is 2.38. The summed E-state index contributed by atoms with van der Waals surface area (Å²) in [6.07, 6.45) is 3.20. The molecule has 2 heterocycles. The highest BCUT2D eigenvalue weighted by Gasteiger charge is 2.38. The lowest BCUT2D eigenvalue weighted by molar-refractivity contribution is -0.143. The molecule has 1 aromatic heterocycles. The van der Waals surface area contributed by atoms with Gasteiger partial charge in [-0.3, -0.25) is 9.59 Å². The maximum atomic E-state index is 13.5. The number of thiophene rings is 1. The van der Waals surface area contributed by atoms with E-state index in [2.05, 4.69) is 11.4 Å². The van der Waals surface area contributed by atoms with E-state index in [1.54, 1.807) is 28.4 Å². The topological polar surface area (TPSA) is 40.6 Å². The van der Waals surface area contributed by atoms with Gasteiger partial charge >= 0.3 is 0 Å². The zero-order chi connectivity index (χ0) is 21.5. The zero-order valence-corrected chi connectivity index (χ0v) is 18.7. The first-order chi connectivity index (χ1) is 14.2. The fourth-order valence-corrected chi connectivity index (χ4v) is 5.09. The summed E-state index contributed by atoms with van der Waals surface area (Å²) in [5.41, 5.74) is 1.91. The van der Waals surface area contributed by atoms with Gasteiger partial charge in [0.05, 0.1) is 6.04 Å². The van der Waals surface area contributed by atoms with Crippen molar-refractivity contribution in [2.24, 2.45) is 5.41 Å². The molecule has 1 unspecified atom stereocenters. The molecule has 2 amide bonds. The first-order valence-electron chi connectivity index (χ1n) is 10.6. The van der Waals surface area contributed by atoms with E-state index in [0.717, 1.165) is 30.4 Å². The lowest BCUT2D eigenvalue weighted by atomic mass is 9.91.